The first-order valence-corrected chi connectivity index (χ1v) is 8.79. The summed E-state index contributed by atoms with van der Waals surface area (Å²) in [7, 11) is 0. The summed E-state index contributed by atoms with van der Waals surface area (Å²) in [5.41, 5.74) is 5.55. The third-order valence-corrected chi connectivity index (χ3v) is 4.07. The third-order valence-electron chi connectivity index (χ3n) is 4.07. The van der Waals surface area contributed by atoms with Crippen LogP contribution in [0.5, 0.6) is 0 Å². The molecule has 1 atom stereocenters. The minimum absolute atomic E-state index is 0. The second-order valence-corrected chi connectivity index (χ2v) is 7.14. The minimum atomic E-state index is -0.438. The average molecular weight is 454 g/mol. The standard InChI is InChI=1S/C17H34N4O2.HI/c1-6-20(7-2)15(18)19-11-10-14-9-8-12-21(13-14)16(22)23-17(3,4)5;/h14H,6-13H2,1-5H3,(H2,18,19);1H. The van der Waals surface area contributed by atoms with Crippen molar-refractivity contribution < 1.29 is 9.53 Å². The van der Waals surface area contributed by atoms with Crippen molar-refractivity contribution in [3.63, 3.8) is 0 Å². The summed E-state index contributed by atoms with van der Waals surface area (Å²) in [6.45, 7) is 13.9. The van der Waals surface area contributed by atoms with Crippen LogP contribution in [-0.4, -0.2) is 60.2 Å². The molecule has 142 valence electrons. The Morgan fingerprint density at radius 3 is 2.50 bits per heavy atom. The van der Waals surface area contributed by atoms with Crippen molar-refractivity contribution in [1.29, 1.82) is 0 Å². The number of likely N-dealkylation sites (tertiary alicyclic amines) is 1. The van der Waals surface area contributed by atoms with Crippen LogP contribution in [0.25, 0.3) is 0 Å². The van der Waals surface area contributed by atoms with Gasteiger partial charge in [0.25, 0.3) is 0 Å². The molecular formula is C17H35IN4O2. The number of hydrogen-bond acceptors (Lipinski definition) is 3. The molecule has 0 saturated carbocycles. The lowest BCUT2D eigenvalue weighted by atomic mass is 9.95. The molecule has 0 aromatic rings. The molecule has 1 unspecified atom stereocenters. The Morgan fingerprint density at radius 2 is 1.96 bits per heavy atom. The summed E-state index contributed by atoms with van der Waals surface area (Å²) < 4.78 is 5.46. The molecule has 0 bridgehead atoms. The van der Waals surface area contributed by atoms with E-state index in [-0.39, 0.29) is 30.1 Å². The van der Waals surface area contributed by atoms with Gasteiger partial charge in [-0.2, -0.15) is 0 Å². The number of nitrogens with two attached hydrogens (primary N) is 1. The lowest BCUT2D eigenvalue weighted by Gasteiger charge is -2.34. The Kier molecular flexibility index (Phi) is 10.7. The molecule has 0 aromatic carbocycles. The van der Waals surface area contributed by atoms with Crippen LogP contribution in [0, 0.1) is 5.92 Å². The second-order valence-electron chi connectivity index (χ2n) is 7.14. The normalized spacial score (nSPS) is 18.8. The number of ether oxygens (including phenoxy) is 1. The number of carbonyl (C=O) groups excluding carboxylic acids is 1. The highest BCUT2D eigenvalue weighted by molar-refractivity contribution is 14.0. The van der Waals surface area contributed by atoms with Crippen LogP contribution in [0.4, 0.5) is 4.79 Å². The van der Waals surface area contributed by atoms with E-state index in [0.717, 1.165) is 52.0 Å². The monoisotopic (exact) mass is 454 g/mol. The van der Waals surface area contributed by atoms with Gasteiger partial charge in [0.1, 0.15) is 5.60 Å². The van der Waals surface area contributed by atoms with E-state index in [1.165, 1.54) is 0 Å². The molecule has 24 heavy (non-hydrogen) atoms. The highest BCUT2D eigenvalue weighted by Gasteiger charge is 2.27. The summed E-state index contributed by atoms with van der Waals surface area (Å²) in [6.07, 6.45) is 2.92. The molecule has 0 aromatic heterocycles. The van der Waals surface area contributed by atoms with Crippen LogP contribution in [0.1, 0.15) is 53.9 Å². The molecule has 1 rings (SSSR count). The summed E-state index contributed by atoms with van der Waals surface area (Å²) in [5, 5.41) is 0. The maximum atomic E-state index is 12.2. The van der Waals surface area contributed by atoms with Gasteiger partial charge in [-0.05, 0) is 59.8 Å². The highest BCUT2D eigenvalue weighted by Crippen LogP contribution is 2.21. The molecular weight excluding hydrogens is 419 g/mol. The number of rotatable bonds is 5. The van der Waals surface area contributed by atoms with E-state index >= 15 is 0 Å². The van der Waals surface area contributed by atoms with Crippen molar-refractivity contribution in [2.24, 2.45) is 16.6 Å². The van der Waals surface area contributed by atoms with Crippen molar-refractivity contribution in [2.75, 3.05) is 32.7 Å². The summed E-state index contributed by atoms with van der Waals surface area (Å²) in [6, 6.07) is 0. The van der Waals surface area contributed by atoms with Gasteiger partial charge in [0.15, 0.2) is 5.96 Å². The molecule has 1 heterocycles. The van der Waals surface area contributed by atoms with Gasteiger partial charge >= 0.3 is 6.09 Å². The Bertz CT molecular complexity index is 406. The molecule has 1 aliphatic heterocycles. The highest BCUT2D eigenvalue weighted by atomic mass is 127. The van der Waals surface area contributed by atoms with Crippen LogP contribution in [0.3, 0.4) is 0 Å². The van der Waals surface area contributed by atoms with Crippen molar-refractivity contribution >= 4 is 36.0 Å². The van der Waals surface area contributed by atoms with E-state index in [1.54, 1.807) is 0 Å². The van der Waals surface area contributed by atoms with E-state index in [0.29, 0.717) is 11.9 Å². The van der Waals surface area contributed by atoms with Gasteiger partial charge in [-0.15, -0.1) is 24.0 Å². The first kappa shape index (κ1) is 23.3. The molecule has 0 aliphatic carbocycles. The number of hydrogen-bond donors (Lipinski definition) is 1. The Morgan fingerprint density at radius 1 is 1.33 bits per heavy atom. The molecule has 1 fully saturated rings. The van der Waals surface area contributed by atoms with E-state index in [2.05, 4.69) is 18.8 Å². The Balaban J connectivity index is 0.00000529. The van der Waals surface area contributed by atoms with Crippen LogP contribution >= 0.6 is 24.0 Å². The maximum Gasteiger partial charge on any atom is 0.410 e. The summed E-state index contributed by atoms with van der Waals surface area (Å²) >= 11 is 0. The van der Waals surface area contributed by atoms with E-state index < -0.39 is 5.60 Å². The van der Waals surface area contributed by atoms with Crippen LogP contribution < -0.4 is 5.73 Å². The Hall–Kier alpha value is -0.730. The molecule has 2 N–H and O–H groups in total. The van der Waals surface area contributed by atoms with Gasteiger partial charge in [0.05, 0.1) is 0 Å². The minimum Gasteiger partial charge on any atom is -0.444 e. The molecule has 6 nitrogen and oxygen atoms in total. The first-order chi connectivity index (χ1) is 10.8. The number of guanidine groups is 1. The molecule has 1 saturated heterocycles. The molecule has 1 aliphatic rings. The number of piperidine rings is 1. The Labute approximate surface area is 164 Å². The number of halogens is 1. The SMILES string of the molecule is CCN(CC)C(N)=NCCC1CCCN(C(=O)OC(C)(C)C)C1.I. The first-order valence-electron chi connectivity index (χ1n) is 8.79. The molecule has 0 radical (unpaired) electrons. The zero-order valence-corrected chi connectivity index (χ0v) is 18.2. The lowest BCUT2D eigenvalue weighted by Crippen LogP contribution is -2.43. The second kappa shape index (κ2) is 11.0. The number of carbonyl (C=O) groups is 1. The quantitative estimate of drug-likeness (QED) is 0.393. The fourth-order valence-electron chi connectivity index (χ4n) is 2.80. The number of nitrogens with zero attached hydrogens (tertiary/aromatic N) is 3. The fourth-order valence-corrected chi connectivity index (χ4v) is 2.80. The molecule has 0 spiro atoms. The van der Waals surface area contributed by atoms with Crippen molar-refractivity contribution in [1.82, 2.24) is 9.80 Å². The van der Waals surface area contributed by atoms with E-state index in [4.69, 9.17) is 10.5 Å². The van der Waals surface area contributed by atoms with E-state index in [1.807, 2.05) is 30.6 Å². The van der Waals surface area contributed by atoms with Gasteiger partial charge in [-0.3, -0.25) is 4.99 Å². The smallest absolute Gasteiger partial charge is 0.410 e. The predicted molar refractivity (Wildman–Crippen MR) is 110 cm³/mol. The lowest BCUT2D eigenvalue weighted by molar-refractivity contribution is 0.0163. The fraction of sp³-hybridized carbons (Fsp3) is 0.882. The van der Waals surface area contributed by atoms with Gasteiger partial charge in [0.2, 0.25) is 0 Å². The zero-order chi connectivity index (χ0) is 17.5. The van der Waals surface area contributed by atoms with Crippen molar-refractivity contribution in [2.45, 2.75) is 59.5 Å². The number of aliphatic imine (C=N–C) groups is 1. The van der Waals surface area contributed by atoms with Crippen LogP contribution in [-0.2, 0) is 4.74 Å². The predicted octanol–water partition coefficient (Wildman–Crippen LogP) is 3.30. The summed E-state index contributed by atoms with van der Waals surface area (Å²) in [4.78, 5) is 20.5. The topological polar surface area (TPSA) is 71.2 Å². The molecule has 1 amide bonds. The van der Waals surface area contributed by atoms with E-state index in [9.17, 15) is 4.79 Å². The maximum absolute atomic E-state index is 12.2. The van der Waals surface area contributed by atoms with Gasteiger partial charge < -0.3 is 20.3 Å². The van der Waals surface area contributed by atoms with Gasteiger partial charge in [0, 0.05) is 32.7 Å². The molecule has 7 heteroatoms. The van der Waals surface area contributed by atoms with Crippen molar-refractivity contribution in [3.8, 4) is 0 Å². The van der Waals surface area contributed by atoms with Gasteiger partial charge in [-0.25, -0.2) is 4.79 Å². The number of amides is 1. The zero-order valence-electron chi connectivity index (χ0n) is 15.9. The summed E-state index contributed by atoms with van der Waals surface area (Å²) in [5.74, 6) is 1.10. The van der Waals surface area contributed by atoms with Crippen molar-refractivity contribution in [3.05, 3.63) is 0 Å². The van der Waals surface area contributed by atoms with Crippen LogP contribution in [0.15, 0.2) is 4.99 Å². The van der Waals surface area contributed by atoms with Crippen LogP contribution in [0.2, 0.25) is 0 Å². The largest absolute Gasteiger partial charge is 0.444 e. The van der Waals surface area contributed by atoms with Gasteiger partial charge in [-0.1, -0.05) is 0 Å². The third kappa shape index (κ3) is 8.39. The average Bonchev–Trinajstić information content (AvgIpc) is 2.47.